The molecule has 44 heavy (non-hydrogen) atoms. The largest absolute Gasteiger partial charge is 0.493 e. The van der Waals surface area contributed by atoms with Crippen LogP contribution in [0.25, 0.3) is 6.08 Å². The van der Waals surface area contributed by atoms with Gasteiger partial charge in [0.2, 0.25) is 5.91 Å². The summed E-state index contributed by atoms with van der Waals surface area (Å²) in [6.07, 6.45) is 3.64. The Morgan fingerprint density at radius 3 is 2.52 bits per heavy atom. The van der Waals surface area contributed by atoms with Crippen LogP contribution in [-0.2, 0) is 10.2 Å². The molecule has 1 saturated heterocycles. The van der Waals surface area contributed by atoms with Gasteiger partial charge in [-0.2, -0.15) is 0 Å². The average molecular weight is 586 g/mol. The Bertz CT molecular complexity index is 1900. The minimum Gasteiger partial charge on any atom is -0.493 e. The second-order valence-electron chi connectivity index (χ2n) is 11.1. The standard InChI is InChI=1S/C35H27N3O6/c1-2-44-28-17-8-5-14-25(28)32(40)29-30(31(39)22-11-9-12-23(20-22)38(42)43)37-19-18-21-10-3-4-13-24(21)33(37)35(29)26-15-6-7-16-27(26)36-34(35)41/h3-20,29-30,33H,2H2,1H3,(H,36,41)/t29-,30-,33-,35-/m1/s1. The Labute approximate surface area is 252 Å². The van der Waals surface area contributed by atoms with Crippen molar-refractivity contribution in [3.05, 3.63) is 141 Å². The molecular formula is C35H27N3O6. The predicted molar refractivity (Wildman–Crippen MR) is 163 cm³/mol. The summed E-state index contributed by atoms with van der Waals surface area (Å²) in [6, 6.07) is 25.3. The Hall–Kier alpha value is -5.57. The quantitative estimate of drug-likeness (QED) is 0.161. The third kappa shape index (κ3) is 3.82. The molecule has 0 radical (unpaired) electrons. The van der Waals surface area contributed by atoms with Gasteiger partial charge in [0.05, 0.1) is 29.1 Å². The topological polar surface area (TPSA) is 119 Å². The Kier molecular flexibility index (Phi) is 6.39. The van der Waals surface area contributed by atoms with Crippen LogP contribution in [0.1, 0.15) is 50.4 Å². The number of para-hydroxylation sites is 2. The maximum absolute atomic E-state index is 15.1. The number of carbonyl (C=O) groups is 3. The van der Waals surface area contributed by atoms with Crippen molar-refractivity contribution in [2.24, 2.45) is 5.92 Å². The summed E-state index contributed by atoms with van der Waals surface area (Å²) in [4.78, 5) is 57.2. The van der Waals surface area contributed by atoms with E-state index in [2.05, 4.69) is 5.32 Å². The fraction of sp³-hybridized carbons (Fsp3) is 0.171. The van der Waals surface area contributed by atoms with Gasteiger partial charge in [0.1, 0.15) is 17.2 Å². The normalized spacial score (nSPS) is 22.6. The highest BCUT2D eigenvalue weighted by atomic mass is 16.6. The van der Waals surface area contributed by atoms with Gasteiger partial charge < -0.3 is 15.0 Å². The lowest BCUT2D eigenvalue weighted by molar-refractivity contribution is -0.384. The van der Waals surface area contributed by atoms with Gasteiger partial charge in [-0.1, -0.05) is 66.7 Å². The van der Waals surface area contributed by atoms with Crippen molar-refractivity contribution in [1.82, 2.24) is 4.90 Å². The molecule has 1 amide bonds. The first-order valence-corrected chi connectivity index (χ1v) is 14.4. The van der Waals surface area contributed by atoms with E-state index in [0.29, 0.717) is 23.6 Å². The molecule has 9 nitrogen and oxygen atoms in total. The second-order valence-corrected chi connectivity index (χ2v) is 11.1. The van der Waals surface area contributed by atoms with Crippen molar-refractivity contribution < 1.29 is 24.0 Å². The Morgan fingerprint density at radius 2 is 1.70 bits per heavy atom. The van der Waals surface area contributed by atoms with Crippen LogP contribution in [0.4, 0.5) is 11.4 Å². The number of Topliss-reactive ketones (excluding diaryl/α,β-unsaturated/α-hetero) is 2. The molecule has 0 saturated carbocycles. The molecule has 1 spiro atoms. The number of hydrogen-bond donors (Lipinski definition) is 1. The van der Waals surface area contributed by atoms with E-state index in [1.807, 2.05) is 55.5 Å². The van der Waals surface area contributed by atoms with E-state index in [0.717, 1.165) is 11.1 Å². The average Bonchev–Trinajstić information content (AvgIpc) is 3.53. The number of benzene rings is 4. The zero-order valence-electron chi connectivity index (χ0n) is 23.7. The van der Waals surface area contributed by atoms with Gasteiger partial charge >= 0.3 is 0 Å². The summed E-state index contributed by atoms with van der Waals surface area (Å²) in [5.41, 5.74) is 1.43. The number of nitro groups is 1. The minimum atomic E-state index is -1.52. The maximum atomic E-state index is 15.1. The number of ketones is 2. The van der Waals surface area contributed by atoms with E-state index < -0.39 is 39.9 Å². The van der Waals surface area contributed by atoms with Crippen LogP contribution < -0.4 is 10.1 Å². The lowest BCUT2D eigenvalue weighted by Crippen LogP contribution is -2.49. The molecule has 9 heteroatoms. The first-order valence-electron chi connectivity index (χ1n) is 14.4. The molecule has 3 aliphatic heterocycles. The van der Waals surface area contributed by atoms with E-state index in [9.17, 15) is 19.7 Å². The molecule has 3 heterocycles. The summed E-state index contributed by atoms with van der Waals surface area (Å²) in [5.74, 6) is -2.18. The first kappa shape index (κ1) is 27.3. The van der Waals surface area contributed by atoms with Crippen molar-refractivity contribution in [2.45, 2.75) is 24.4 Å². The maximum Gasteiger partial charge on any atom is 0.270 e. The Morgan fingerprint density at radius 1 is 0.955 bits per heavy atom. The summed E-state index contributed by atoms with van der Waals surface area (Å²) < 4.78 is 5.85. The molecule has 0 aliphatic carbocycles. The monoisotopic (exact) mass is 585 g/mol. The number of nitrogens with one attached hydrogen (secondary N) is 1. The summed E-state index contributed by atoms with van der Waals surface area (Å²) in [7, 11) is 0. The highest BCUT2D eigenvalue weighted by Crippen LogP contribution is 2.62. The number of nitro benzene ring substituents is 1. The van der Waals surface area contributed by atoms with Crippen LogP contribution in [-0.4, -0.2) is 39.9 Å². The smallest absolute Gasteiger partial charge is 0.270 e. The van der Waals surface area contributed by atoms with Crippen molar-refractivity contribution in [3.63, 3.8) is 0 Å². The van der Waals surface area contributed by atoms with E-state index >= 15 is 4.79 Å². The van der Waals surface area contributed by atoms with E-state index in [1.54, 1.807) is 41.4 Å². The fourth-order valence-corrected chi connectivity index (χ4v) is 7.23. The van der Waals surface area contributed by atoms with Crippen molar-refractivity contribution in [3.8, 4) is 5.75 Å². The van der Waals surface area contributed by atoms with Gasteiger partial charge in [0.25, 0.3) is 5.69 Å². The predicted octanol–water partition coefficient (Wildman–Crippen LogP) is 5.98. The fourth-order valence-electron chi connectivity index (χ4n) is 7.23. The van der Waals surface area contributed by atoms with Crippen LogP contribution in [0.5, 0.6) is 5.75 Å². The number of ether oxygens (including phenoxy) is 1. The molecule has 1 N–H and O–H groups in total. The molecule has 0 bridgehead atoms. The van der Waals surface area contributed by atoms with Crippen LogP contribution in [0.3, 0.4) is 0 Å². The van der Waals surface area contributed by atoms with Crippen molar-refractivity contribution >= 4 is 34.9 Å². The minimum absolute atomic E-state index is 0.0786. The van der Waals surface area contributed by atoms with Gasteiger partial charge in [0, 0.05) is 29.6 Å². The van der Waals surface area contributed by atoms with Gasteiger partial charge in [-0.05, 0) is 47.9 Å². The highest BCUT2D eigenvalue weighted by Gasteiger charge is 2.71. The van der Waals surface area contributed by atoms with Gasteiger partial charge in [-0.25, -0.2) is 0 Å². The lowest BCUT2D eigenvalue weighted by Gasteiger charge is -2.38. The van der Waals surface area contributed by atoms with E-state index in [1.165, 1.54) is 24.3 Å². The molecule has 7 rings (SSSR count). The molecule has 4 aromatic rings. The van der Waals surface area contributed by atoms with Gasteiger partial charge in [-0.3, -0.25) is 24.5 Å². The van der Waals surface area contributed by atoms with Crippen LogP contribution in [0, 0.1) is 16.0 Å². The van der Waals surface area contributed by atoms with Crippen molar-refractivity contribution in [1.29, 1.82) is 0 Å². The van der Waals surface area contributed by atoms with Gasteiger partial charge in [-0.15, -0.1) is 0 Å². The molecule has 0 aromatic heterocycles. The highest BCUT2D eigenvalue weighted by molar-refractivity contribution is 6.17. The first-order chi connectivity index (χ1) is 21.4. The number of hydrogen-bond acceptors (Lipinski definition) is 7. The van der Waals surface area contributed by atoms with Gasteiger partial charge in [0.15, 0.2) is 11.6 Å². The number of non-ortho nitro benzene ring substituents is 1. The number of nitrogens with zero attached hydrogens (tertiary/aromatic N) is 2. The lowest BCUT2D eigenvalue weighted by atomic mass is 9.62. The molecule has 0 unspecified atom stereocenters. The van der Waals surface area contributed by atoms with Crippen LogP contribution in [0.15, 0.2) is 103 Å². The number of fused-ring (bicyclic) bond motifs is 6. The third-order valence-electron chi connectivity index (χ3n) is 8.92. The summed E-state index contributed by atoms with van der Waals surface area (Å²) in [5, 5.41) is 14.7. The number of amides is 1. The number of anilines is 1. The SMILES string of the molecule is CCOc1ccccc1C(=O)[C@H]1[C@H](C(=O)c2cccc([N+](=O)[O-])c2)N2C=Cc3ccccc3[C@@H]2[C@]12C(=O)Nc1ccccc12. The molecule has 4 aromatic carbocycles. The summed E-state index contributed by atoms with van der Waals surface area (Å²) in [6.45, 7) is 2.12. The third-order valence-corrected chi connectivity index (χ3v) is 8.92. The zero-order chi connectivity index (χ0) is 30.6. The molecule has 3 aliphatic rings. The molecule has 4 atom stereocenters. The van der Waals surface area contributed by atoms with Crippen molar-refractivity contribution in [2.75, 3.05) is 11.9 Å². The Balaban J connectivity index is 1.53. The molecular weight excluding hydrogens is 558 g/mol. The second kappa shape index (κ2) is 10.3. The van der Waals surface area contributed by atoms with Crippen LogP contribution >= 0.6 is 0 Å². The number of rotatable bonds is 7. The van der Waals surface area contributed by atoms with Crippen LogP contribution in [0.2, 0.25) is 0 Å². The van der Waals surface area contributed by atoms with E-state index in [4.69, 9.17) is 4.74 Å². The zero-order valence-corrected chi connectivity index (χ0v) is 23.7. The summed E-state index contributed by atoms with van der Waals surface area (Å²) >= 11 is 0. The van der Waals surface area contributed by atoms with E-state index in [-0.39, 0.29) is 22.7 Å². The number of carbonyl (C=O) groups excluding carboxylic acids is 3. The molecule has 1 fully saturated rings. The molecule has 218 valence electrons.